The van der Waals surface area contributed by atoms with E-state index in [1.165, 1.54) is 13.1 Å². The molecule has 0 radical (unpaired) electrons. The first-order valence-corrected chi connectivity index (χ1v) is 6.79. The van der Waals surface area contributed by atoms with Gasteiger partial charge in [-0.2, -0.15) is 0 Å². The van der Waals surface area contributed by atoms with Gasteiger partial charge in [-0.25, -0.2) is 0 Å². The van der Waals surface area contributed by atoms with Gasteiger partial charge in [0.2, 0.25) is 0 Å². The molecule has 0 fully saturated rings. The van der Waals surface area contributed by atoms with E-state index in [9.17, 15) is 4.79 Å². The Balaban J connectivity index is 2.31. The Morgan fingerprint density at radius 1 is 1.14 bits per heavy atom. The van der Waals surface area contributed by atoms with Crippen molar-refractivity contribution in [2.45, 2.75) is 13.3 Å². The molecule has 2 aromatic rings. The minimum atomic E-state index is -0.0624. The molecular weight excluding hydrogens is 276 g/mol. The highest BCUT2D eigenvalue weighted by atomic mass is 16.1. The molecule has 2 rings (SSSR count). The number of nitrogens with one attached hydrogen (secondary N) is 2. The molecule has 0 aliphatic carbocycles. The predicted octanol–water partition coefficient (Wildman–Crippen LogP) is 2.66. The van der Waals surface area contributed by atoms with Gasteiger partial charge in [0.25, 0.3) is 0 Å². The number of carbonyl (C=O) groups excluding carboxylic acids is 1. The van der Waals surface area contributed by atoms with Gasteiger partial charge in [-0.15, -0.1) is 0 Å². The summed E-state index contributed by atoms with van der Waals surface area (Å²) in [5, 5.41) is 15.6. The third-order valence-electron chi connectivity index (χ3n) is 3.47. The third kappa shape index (κ3) is 3.20. The van der Waals surface area contributed by atoms with E-state index in [-0.39, 0.29) is 5.78 Å². The number of rotatable bonds is 5. The van der Waals surface area contributed by atoms with Gasteiger partial charge in [-0.1, -0.05) is 6.07 Å². The highest BCUT2D eigenvalue weighted by Crippen LogP contribution is 2.19. The van der Waals surface area contributed by atoms with Crippen LogP contribution in [0.3, 0.4) is 0 Å². The summed E-state index contributed by atoms with van der Waals surface area (Å²) in [6.07, 6.45) is 1.54. The van der Waals surface area contributed by atoms with E-state index in [0.29, 0.717) is 40.2 Å². The average Bonchev–Trinajstić information content (AvgIpc) is 2.49. The molecule has 5 heteroatoms. The number of nitrogens with two attached hydrogens (primary N) is 2. The molecule has 0 saturated heterocycles. The van der Waals surface area contributed by atoms with Crippen LogP contribution in [0.1, 0.15) is 34.0 Å². The number of ketones is 1. The molecule has 6 N–H and O–H groups in total. The van der Waals surface area contributed by atoms with Gasteiger partial charge in [-0.3, -0.25) is 4.79 Å². The summed E-state index contributed by atoms with van der Waals surface area (Å²) in [6, 6.07) is 10.3. The lowest BCUT2D eigenvalue weighted by Gasteiger charge is -2.10. The second-order valence-corrected chi connectivity index (χ2v) is 5.12. The topological polar surface area (TPSA) is 117 Å². The Morgan fingerprint density at radius 3 is 2.45 bits per heavy atom. The summed E-state index contributed by atoms with van der Waals surface area (Å²) < 4.78 is 0. The summed E-state index contributed by atoms with van der Waals surface area (Å²) in [5.41, 5.74) is 15.6. The molecule has 0 aliphatic rings. The second kappa shape index (κ2) is 6.22. The van der Waals surface area contributed by atoms with Crippen molar-refractivity contribution in [1.29, 1.82) is 10.8 Å². The van der Waals surface area contributed by atoms with Crippen LogP contribution in [0.15, 0.2) is 36.4 Å². The highest BCUT2D eigenvalue weighted by molar-refractivity contribution is 6.06. The maximum absolute atomic E-state index is 11.5. The first-order valence-electron chi connectivity index (χ1n) is 6.79. The maximum Gasteiger partial charge on any atom is 0.159 e. The zero-order chi connectivity index (χ0) is 16.3. The summed E-state index contributed by atoms with van der Waals surface area (Å²) in [6.45, 7) is 1.48. The number of hydrogen-bond donors (Lipinski definition) is 4. The van der Waals surface area contributed by atoms with E-state index < -0.39 is 0 Å². The van der Waals surface area contributed by atoms with Crippen LogP contribution in [0.4, 0.5) is 11.4 Å². The molecule has 5 nitrogen and oxygen atoms in total. The molecule has 0 aliphatic heterocycles. The van der Waals surface area contributed by atoms with Crippen molar-refractivity contribution < 1.29 is 4.79 Å². The molecule has 0 unspecified atom stereocenters. The second-order valence-electron chi connectivity index (χ2n) is 5.12. The smallest absolute Gasteiger partial charge is 0.159 e. The number of nitrogen functional groups attached to an aromatic ring is 2. The van der Waals surface area contributed by atoms with Crippen LogP contribution in [-0.4, -0.2) is 17.7 Å². The fourth-order valence-corrected chi connectivity index (χ4v) is 2.20. The van der Waals surface area contributed by atoms with E-state index in [4.69, 9.17) is 22.3 Å². The van der Waals surface area contributed by atoms with E-state index >= 15 is 0 Å². The number of anilines is 2. The first-order chi connectivity index (χ1) is 10.4. The van der Waals surface area contributed by atoms with Gasteiger partial charge in [0.15, 0.2) is 5.78 Å². The Bertz CT molecular complexity index is 765. The van der Waals surface area contributed by atoms with Crippen molar-refractivity contribution in [2.75, 3.05) is 11.5 Å². The SMILES string of the molecule is CC(=O)c1ccc(N)c(C(=N)Cc2ccc(N)c(C=N)c2)c1. The molecule has 112 valence electrons. The van der Waals surface area contributed by atoms with E-state index in [1.54, 1.807) is 30.3 Å². The molecule has 0 amide bonds. The minimum Gasteiger partial charge on any atom is -0.398 e. The molecular formula is C17H18N4O. The lowest BCUT2D eigenvalue weighted by molar-refractivity contribution is 0.101. The van der Waals surface area contributed by atoms with Crippen molar-refractivity contribution in [3.05, 3.63) is 58.7 Å². The largest absolute Gasteiger partial charge is 0.398 e. The quantitative estimate of drug-likeness (QED) is 0.386. The Labute approximate surface area is 129 Å². The van der Waals surface area contributed by atoms with E-state index in [2.05, 4.69) is 0 Å². The molecule has 22 heavy (non-hydrogen) atoms. The zero-order valence-corrected chi connectivity index (χ0v) is 12.3. The van der Waals surface area contributed by atoms with E-state index in [1.807, 2.05) is 6.07 Å². The highest BCUT2D eigenvalue weighted by Gasteiger charge is 2.10. The summed E-state index contributed by atoms with van der Waals surface area (Å²) in [4.78, 5) is 11.5. The van der Waals surface area contributed by atoms with Gasteiger partial charge in [0.05, 0.1) is 0 Å². The third-order valence-corrected chi connectivity index (χ3v) is 3.47. The van der Waals surface area contributed by atoms with Crippen LogP contribution in [0.2, 0.25) is 0 Å². The van der Waals surface area contributed by atoms with Crippen molar-refractivity contribution in [2.24, 2.45) is 0 Å². The normalized spacial score (nSPS) is 10.2. The number of benzene rings is 2. The van der Waals surface area contributed by atoms with Crippen molar-refractivity contribution in [3.8, 4) is 0 Å². The Hall–Kier alpha value is -2.95. The molecule has 0 saturated carbocycles. The van der Waals surface area contributed by atoms with Crippen LogP contribution in [0, 0.1) is 10.8 Å². The average molecular weight is 294 g/mol. The summed E-state index contributed by atoms with van der Waals surface area (Å²) in [5.74, 6) is -0.0624. The molecule has 0 spiro atoms. The van der Waals surface area contributed by atoms with Crippen molar-refractivity contribution >= 4 is 29.1 Å². The van der Waals surface area contributed by atoms with Crippen LogP contribution in [-0.2, 0) is 6.42 Å². The standard InChI is InChI=1S/C17H18N4O/c1-10(22)12-3-5-16(20)14(8-12)17(21)7-11-2-4-15(19)13(6-11)9-18/h2-6,8-9,18,21H,7,19-20H2,1H3. The number of Topliss-reactive ketones (excluding diaryl/α,β-unsaturated/α-hetero) is 1. The fourth-order valence-electron chi connectivity index (χ4n) is 2.20. The fraction of sp³-hybridized carbons (Fsp3) is 0.118. The summed E-state index contributed by atoms with van der Waals surface area (Å²) in [7, 11) is 0. The Kier molecular flexibility index (Phi) is 4.36. The lowest BCUT2D eigenvalue weighted by Crippen LogP contribution is -2.09. The summed E-state index contributed by atoms with van der Waals surface area (Å²) >= 11 is 0. The molecule has 0 heterocycles. The van der Waals surface area contributed by atoms with Crippen LogP contribution < -0.4 is 11.5 Å². The van der Waals surface area contributed by atoms with Crippen LogP contribution >= 0.6 is 0 Å². The monoisotopic (exact) mass is 294 g/mol. The molecule has 2 aromatic carbocycles. The van der Waals surface area contributed by atoms with Crippen LogP contribution in [0.5, 0.6) is 0 Å². The lowest BCUT2D eigenvalue weighted by atomic mass is 9.97. The number of hydrogen-bond acceptors (Lipinski definition) is 5. The molecule has 0 atom stereocenters. The number of carbonyl (C=O) groups is 1. The molecule has 0 bridgehead atoms. The van der Waals surface area contributed by atoms with Crippen molar-refractivity contribution in [3.63, 3.8) is 0 Å². The van der Waals surface area contributed by atoms with Gasteiger partial charge in [0.1, 0.15) is 0 Å². The Morgan fingerprint density at radius 2 is 1.82 bits per heavy atom. The zero-order valence-electron chi connectivity index (χ0n) is 12.3. The molecule has 0 aromatic heterocycles. The predicted molar refractivity (Wildman–Crippen MR) is 90.1 cm³/mol. The first kappa shape index (κ1) is 15.4. The van der Waals surface area contributed by atoms with Gasteiger partial charge in [0, 0.05) is 46.4 Å². The van der Waals surface area contributed by atoms with Gasteiger partial charge < -0.3 is 22.3 Å². The van der Waals surface area contributed by atoms with E-state index in [0.717, 1.165) is 5.56 Å². The maximum atomic E-state index is 11.5. The van der Waals surface area contributed by atoms with Gasteiger partial charge >= 0.3 is 0 Å². The minimum absolute atomic E-state index is 0.0624. The van der Waals surface area contributed by atoms with Crippen molar-refractivity contribution in [1.82, 2.24) is 0 Å². The van der Waals surface area contributed by atoms with Crippen LogP contribution in [0.25, 0.3) is 0 Å². The van der Waals surface area contributed by atoms with Gasteiger partial charge in [-0.05, 0) is 42.8 Å².